The molecule has 2 aromatic rings. The first-order valence-electron chi connectivity index (χ1n) is 6.63. The van der Waals surface area contributed by atoms with Crippen molar-refractivity contribution < 1.29 is 4.74 Å². The van der Waals surface area contributed by atoms with Gasteiger partial charge in [0.05, 0.1) is 12.6 Å². The molecule has 1 atom stereocenters. The van der Waals surface area contributed by atoms with Crippen molar-refractivity contribution >= 4 is 22.7 Å². The van der Waals surface area contributed by atoms with Gasteiger partial charge in [0.15, 0.2) is 0 Å². The Labute approximate surface area is 121 Å². The van der Waals surface area contributed by atoms with Gasteiger partial charge in [0.25, 0.3) is 0 Å². The SMILES string of the molecule is c1csc(CN(Cc2ccsc2)C[C@@H]2CCCO2)n1. The Hall–Kier alpha value is -0.750. The van der Waals surface area contributed by atoms with Crippen LogP contribution in [0.1, 0.15) is 23.4 Å². The first kappa shape index (κ1) is 13.2. The first-order chi connectivity index (χ1) is 9.40. The van der Waals surface area contributed by atoms with Crippen molar-refractivity contribution in [2.45, 2.75) is 32.0 Å². The Kier molecular flexibility index (Phi) is 4.61. The summed E-state index contributed by atoms with van der Waals surface area (Å²) >= 11 is 3.49. The monoisotopic (exact) mass is 294 g/mol. The van der Waals surface area contributed by atoms with Crippen LogP contribution in [0.25, 0.3) is 0 Å². The minimum Gasteiger partial charge on any atom is -0.377 e. The molecule has 3 heterocycles. The molecular formula is C14H18N2OS2. The minimum atomic E-state index is 0.401. The number of hydrogen-bond donors (Lipinski definition) is 0. The average Bonchev–Trinajstić information content (AvgIpc) is 3.10. The van der Waals surface area contributed by atoms with Crippen molar-refractivity contribution in [2.24, 2.45) is 0 Å². The fraction of sp³-hybridized carbons (Fsp3) is 0.500. The van der Waals surface area contributed by atoms with Gasteiger partial charge in [-0.25, -0.2) is 4.98 Å². The lowest BCUT2D eigenvalue weighted by molar-refractivity contribution is 0.0679. The zero-order valence-corrected chi connectivity index (χ0v) is 12.5. The normalized spacial score (nSPS) is 19.3. The largest absolute Gasteiger partial charge is 0.377 e. The topological polar surface area (TPSA) is 25.4 Å². The summed E-state index contributed by atoms with van der Waals surface area (Å²) in [6.45, 7) is 3.85. The van der Waals surface area contributed by atoms with Gasteiger partial charge in [-0.05, 0) is 35.2 Å². The van der Waals surface area contributed by atoms with Crippen LogP contribution >= 0.6 is 22.7 Å². The van der Waals surface area contributed by atoms with Crippen molar-refractivity contribution in [2.75, 3.05) is 13.2 Å². The van der Waals surface area contributed by atoms with Crippen molar-refractivity contribution in [1.29, 1.82) is 0 Å². The zero-order valence-electron chi connectivity index (χ0n) is 10.8. The molecule has 1 aliphatic heterocycles. The summed E-state index contributed by atoms with van der Waals surface area (Å²) in [6.07, 6.45) is 4.68. The predicted octanol–water partition coefficient (Wildman–Crippen LogP) is 3.39. The van der Waals surface area contributed by atoms with E-state index in [0.717, 1.165) is 26.2 Å². The van der Waals surface area contributed by atoms with Crippen LogP contribution in [0.2, 0.25) is 0 Å². The molecule has 0 aliphatic carbocycles. The van der Waals surface area contributed by atoms with E-state index in [-0.39, 0.29) is 0 Å². The molecule has 0 spiro atoms. The molecule has 1 fully saturated rings. The van der Waals surface area contributed by atoms with E-state index in [2.05, 4.69) is 26.7 Å². The van der Waals surface area contributed by atoms with Crippen molar-refractivity contribution in [3.8, 4) is 0 Å². The molecule has 3 nitrogen and oxygen atoms in total. The van der Waals surface area contributed by atoms with E-state index in [1.54, 1.807) is 22.7 Å². The third-order valence-corrected chi connectivity index (χ3v) is 4.81. The summed E-state index contributed by atoms with van der Waals surface area (Å²) in [7, 11) is 0. The molecule has 0 N–H and O–H groups in total. The van der Waals surface area contributed by atoms with Crippen LogP contribution in [0.15, 0.2) is 28.4 Å². The highest BCUT2D eigenvalue weighted by molar-refractivity contribution is 7.09. The number of aromatic nitrogens is 1. The van der Waals surface area contributed by atoms with Crippen LogP contribution in [0, 0.1) is 0 Å². The number of rotatable bonds is 6. The van der Waals surface area contributed by atoms with Crippen LogP contribution in [-0.4, -0.2) is 29.1 Å². The molecular weight excluding hydrogens is 276 g/mol. The lowest BCUT2D eigenvalue weighted by atomic mass is 10.2. The summed E-state index contributed by atoms with van der Waals surface area (Å²) < 4.78 is 5.77. The highest BCUT2D eigenvalue weighted by atomic mass is 32.1. The second-order valence-electron chi connectivity index (χ2n) is 4.86. The Bertz CT molecular complexity index is 427. The van der Waals surface area contributed by atoms with Crippen LogP contribution in [-0.2, 0) is 17.8 Å². The van der Waals surface area contributed by atoms with E-state index < -0.39 is 0 Å². The number of hydrogen-bond acceptors (Lipinski definition) is 5. The van der Waals surface area contributed by atoms with Gasteiger partial charge in [0, 0.05) is 31.3 Å². The summed E-state index contributed by atoms with van der Waals surface area (Å²) in [4.78, 5) is 6.85. The first-order valence-corrected chi connectivity index (χ1v) is 8.46. The maximum Gasteiger partial charge on any atom is 0.107 e. The third kappa shape index (κ3) is 3.86. The molecule has 0 saturated carbocycles. The van der Waals surface area contributed by atoms with Crippen LogP contribution in [0.5, 0.6) is 0 Å². The summed E-state index contributed by atoms with van der Waals surface area (Å²) in [5, 5.41) is 7.60. The molecule has 0 bridgehead atoms. The lowest BCUT2D eigenvalue weighted by Crippen LogP contribution is -2.31. The van der Waals surface area contributed by atoms with Gasteiger partial charge in [0.1, 0.15) is 5.01 Å². The van der Waals surface area contributed by atoms with Gasteiger partial charge in [-0.15, -0.1) is 11.3 Å². The summed E-state index contributed by atoms with van der Waals surface area (Å²) in [5.74, 6) is 0. The van der Waals surface area contributed by atoms with Crippen molar-refractivity contribution in [1.82, 2.24) is 9.88 Å². The highest BCUT2D eigenvalue weighted by Crippen LogP contribution is 2.18. The van der Waals surface area contributed by atoms with E-state index in [1.165, 1.54) is 23.4 Å². The van der Waals surface area contributed by atoms with Crippen LogP contribution in [0.4, 0.5) is 0 Å². The van der Waals surface area contributed by atoms with E-state index in [9.17, 15) is 0 Å². The number of thiazole rings is 1. The molecule has 19 heavy (non-hydrogen) atoms. The maximum absolute atomic E-state index is 5.77. The van der Waals surface area contributed by atoms with Gasteiger partial charge < -0.3 is 4.74 Å². The zero-order chi connectivity index (χ0) is 12.9. The van der Waals surface area contributed by atoms with Crippen LogP contribution < -0.4 is 0 Å². The quantitative estimate of drug-likeness (QED) is 0.816. The van der Waals surface area contributed by atoms with Crippen LogP contribution in [0.3, 0.4) is 0 Å². The molecule has 1 aliphatic rings. The maximum atomic E-state index is 5.77. The predicted molar refractivity (Wildman–Crippen MR) is 79.5 cm³/mol. The Morgan fingerprint density at radius 3 is 3.05 bits per heavy atom. The fourth-order valence-electron chi connectivity index (χ4n) is 2.42. The van der Waals surface area contributed by atoms with Crippen molar-refractivity contribution in [3.63, 3.8) is 0 Å². The van der Waals surface area contributed by atoms with Gasteiger partial charge in [0.2, 0.25) is 0 Å². The van der Waals surface area contributed by atoms with Crippen molar-refractivity contribution in [3.05, 3.63) is 39.0 Å². The Morgan fingerprint density at radius 2 is 2.37 bits per heavy atom. The second kappa shape index (κ2) is 6.61. The molecule has 0 unspecified atom stereocenters. The Morgan fingerprint density at radius 1 is 1.37 bits per heavy atom. The third-order valence-electron chi connectivity index (χ3n) is 3.31. The fourth-order valence-corrected chi connectivity index (χ4v) is 3.74. The second-order valence-corrected chi connectivity index (χ2v) is 6.62. The summed E-state index contributed by atoms with van der Waals surface area (Å²) in [5.41, 5.74) is 1.39. The number of ether oxygens (including phenoxy) is 1. The number of nitrogens with zero attached hydrogens (tertiary/aromatic N) is 2. The minimum absolute atomic E-state index is 0.401. The smallest absolute Gasteiger partial charge is 0.107 e. The molecule has 5 heteroatoms. The molecule has 0 radical (unpaired) electrons. The van der Waals surface area contributed by atoms with E-state index in [0.29, 0.717) is 6.10 Å². The standard InChI is InChI=1S/C14H18N2OS2/c1-2-13(17-5-1)9-16(8-12-3-6-18-11-12)10-14-15-4-7-19-14/h3-4,6-7,11,13H,1-2,5,8-10H2/t13-/m0/s1. The Balaban J connectivity index is 1.63. The molecule has 0 aromatic carbocycles. The number of thiophene rings is 1. The van der Waals surface area contributed by atoms with Gasteiger partial charge in [-0.3, -0.25) is 4.90 Å². The molecule has 0 amide bonds. The van der Waals surface area contributed by atoms with Gasteiger partial charge in [-0.1, -0.05) is 0 Å². The van der Waals surface area contributed by atoms with E-state index >= 15 is 0 Å². The molecule has 102 valence electrons. The van der Waals surface area contributed by atoms with E-state index in [4.69, 9.17) is 4.74 Å². The van der Waals surface area contributed by atoms with Gasteiger partial charge >= 0.3 is 0 Å². The van der Waals surface area contributed by atoms with E-state index in [1.807, 2.05) is 11.6 Å². The molecule has 3 rings (SSSR count). The lowest BCUT2D eigenvalue weighted by Gasteiger charge is -2.23. The summed E-state index contributed by atoms with van der Waals surface area (Å²) in [6, 6.07) is 2.20. The van der Waals surface area contributed by atoms with Gasteiger partial charge in [-0.2, -0.15) is 11.3 Å². The highest BCUT2D eigenvalue weighted by Gasteiger charge is 2.20. The molecule has 1 saturated heterocycles. The average molecular weight is 294 g/mol. The molecule has 2 aromatic heterocycles.